The normalized spacial score (nSPS) is 9.21. The van der Waals surface area contributed by atoms with E-state index in [1.165, 1.54) is 0 Å². The second-order valence-corrected chi connectivity index (χ2v) is 2.98. The summed E-state index contributed by atoms with van der Waals surface area (Å²) in [5.74, 6) is 0.223. The predicted octanol–water partition coefficient (Wildman–Crippen LogP) is 2.51. The molecule has 1 rings (SSSR count). The standard InChI is InChI=1S/C9H14N2O.C2H6/c1-4-9(12)6-11-8(3)5-7(2)10-11;1-2/h5H,4,6H2,1-3H3;1-2H3. The van der Waals surface area contributed by atoms with Gasteiger partial charge in [0, 0.05) is 12.1 Å². The fourth-order valence-corrected chi connectivity index (χ4v) is 1.11. The Morgan fingerprint density at radius 2 is 2.00 bits per heavy atom. The smallest absolute Gasteiger partial charge is 0.154 e. The molecule has 0 saturated carbocycles. The van der Waals surface area contributed by atoms with E-state index in [1.807, 2.05) is 40.7 Å². The zero-order valence-electron chi connectivity index (χ0n) is 9.79. The Hall–Kier alpha value is -1.12. The monoisotopic (exact) mass is 196 g/mol. The number of hydrogen-bond acceptors (Lipinski definition) is 2. The number of rotatable bonds is 3. The van der Waals surface area contributed by atoms with Crippen molar-refractivity contribution in [3.8, 4) is 0 Å². The van der Waals surface area contributed by atoms with Crippen LogP contribution in [0, 0.1) is 13.8 Å². The van der Waals surface area contributed by atoms with Crippen molar-refractivity contribution in [3.63, 3.8) is 0 Å². The molecule has 0 saturated heterocycles. The van der Waals surface area contributed by atoms with Crippen LogP contribution in [0.15, 0.2) is 6.07 Å². The molecule has 0 radical (unpaired) electrons. The molecule has 0 bridgehead atoms. The van der Waals surface area contributed by atoms with Crippen molar-refractivity contribution in [2.45, 2.75) is 47.6 Å². The highest BCUT2D eigenvalue weighted by Gasteiger charge is 2.04. The lowest BCUT2D eigenvalue weighted by Gasteiger charge is -2.00. The molecule has 3 heteroatoms. The van der Waals surface area contributed by atoms with Crippen LogP contribution in [-0.4, -0.2) is 15.6 Å². The summed E-state index contributed by atoms with van der Waals surface area (Å²) in [6.07, 6.45) is 0.582. The number of aryl methyl sites for hydroxylation is 2. The fraction of sp³-hybridized carbons (Fsp3) is 0.636. The molecular formula is C11H20N2O. The van der Waals surface area contributed by atoms with Crippen LogP contribution >= 0.6 is 0 Å². The minimum atomic E-state index is 0.223. The van der Waals surface area contributed by atoms with Crippen LogP contribution in [0.1, 0.15) is 38.6 Å². The molecule has 0 unspecified atom stereocenters. The Balaban J connectivity index is 0.000000791. The van der Waals surface area contributed by atoms with Crippen molar-refractivity contribution < 1.29 is 4.79 Å². The van der Waals surface area contributed by atoms with Crippen molar-refractivity contribution in [2.75, 3.05) is 0 Å². The number of Topliss-reactive ketones (excluding diaryl/α,β-unsaturated/α-hetero) is 1. The molecule has 0 amide bonds. The van der Waals surface area contributed by atoms with Gasteiger partial charge in [0.25, 0.3) is 0 Å². The Morgan fingerprint density at radius 3 is 2.36 bits per heavy atom. The van der Waals surface area contributed by atoms with Crippen LogP contribution in [0.2, 0.25) is 0 Å². The topological polar surface area (TPSA) is 34.9 Å². The first kappa shape index (κ1) is 12.9. The van der Waals surface area contributed by atoms with E-state index in [-0.39, 0.29) is 5.78 Å². The van der Waals surface area contributed by atoms with Gasteiger partial charge in [-0.1, -0.05) is 20.8 Å². The molecule has 1 aromatic heterocycles. The molecule has 0 aliphatic rings. The summed E-state index contributed by atoms with van der Waals surface area (Å²) in [4.78, 5) is 11.1. The van der Waals surface area contributed by atoms with Gasteiger partial charge < -0.3 is 0 Å². The molecule has 0 fully saturated rings. The maximum atomic E-state index is 11.1. The average Bonchev–Trinajstić information content (AvgIpc) is 2.48. The van der Waals surface area contributed by atoms with Gasteiger partial charge >= 0.3 is 0 Å². The van der Waals surface area contributed by atoms with E-state index in [4.69, 9.17) is 0 Å². The van der Waals surface area contributed by atoms with E-state index < -0.39 is 0 Å². The number of carbonyl (C=O) groups is 1. The molecule has 0 N–H and O–H groups in total. The zero-order chi connectivity index (χ0) is 11.1. The molecule has 0 atom stereocenters. The molecule has 0 aromatic carbocycles. The lowest BCUT2D eigenvalue weighted by molar-refractivity contribution is -0.119. The van der Waals surface area contributed by atoms with Gasteiger partial charge in [0.05, 0.1) is 12.2 Å². The van der Waals surface area contributed by atoms with Crippen LogP contribution in [-0.2, 0) is 11.3 Å². The highest BCUT2D eigenvalue weighted by Crippen LogP contribution is 2.01. The van der Waals surface area contributed by atoms with Gasteiger partial charge in [-0.05, 0) is 19.9 Å². The van der Waals surface area contributed by atoms with Crippen molar-refractivity contribution in [3.05, 3.63) is 17.5 Å². The van der Waals surface area contributed by atoms with E-state index in [0.717, 1.165) is 11.4 Å². The van der Waals surface area contributed by atoms with Gasteiger partial charge in [0.2, 0.25) is 0 Å². The number of nitrogens with zero attached hydrogens (tertiary/aromatic N) is 2. The third kappa shape index (κ3) is 3.73. The highest BCUT2D eigenvalue weighted by atomic mass is 16.1. The Kier molecular flexibility index (Phi) is 5.84. The van der Waals surface area contributed by atoms with Gasteiger partial charge in [-0.2, -0.15) is 5.10 Å². The minimum Gasteiger partial charge on any atom is -0.298 e. The molecule has 0 spiro atoms. The van der Waals surface area contributed by atoms with Crippen LogP contribution in [0.5, 0.6) is 0 Å². The molecule has 1 heterocycles. The Labute approximate surface area is 86.1 Å². The van der Waals surface area contributed by atoms with Gasteiger partial charge in [-0.25, -0.2) is 0 Å². The quantitative estimate of drug-likeness (QED) is 0.744. The van der Waals surface area contributed by atoms with E-state index in [9.17, 15) is 4.79 Å². The third-order valence-corrected chi connectivity index (χ3v) is 1.82. The molecule has 80 valence electrons. The van der Waals surface area contributed by atoms with E-state index >= 15 is 0 Å². The first-order valence-corrected chi connectivity index (χ1v) is 5.16. The summed E-state index contributed by atoms with van der Waals surface area (Å²) < 4.78 is 1.75. The fourth-order valence-electron chi connectivity index (χ4n) is 1.11. The molecule has 0 aliphatic heterocycles. The number of hydrogen-bond donors (Lipinski definition) is 0. The van der Waals surface area contributed by atoms with E-state index in [2.05, 4.69) is 5.10 Å². The first-order valence-electron chi connectivity index (χ1n) is 5.16. The van der Waals surface area contributed by atoms with Crippen molar-refractivity contribution >= 4 is 5.78 Å². The number of ketones is 1. The van der Waals surface area contributed by atoms with Gasteiger partial charge in [-0.3, -0.25) is 9.48 Å². The summed E-state index contributed by atoms with van der Waals surface area (Å²) in [5.41, 5.74) is 2.02. The lowest BCUT2D eigenvalue weighted by atomic mass is 10.3. The molecule has 1 aromatic rings. The summed E-state index contributed by atoms with van der Waals surface area (Å²) in [6, 6.07) is 1.98. The number of aromatic nitrogens is 2. The van der Waals surface area contributed by atoms with Gasteiger partial charge in [0.1, 0.15) is 0 Å². The Bertz CT molecular complexity index is 289. The summed E-state index contributed by atoms with van der Waals surface area (Å²) in [5, 5.41) is 4.19. The highest BCUT2D eigenvalue weighted by molar-refractivity contribution is 5.77. The molecule has 3 nitrogen and oxygen atoms in total. The Morgan fingerprint density at radius 1 is 1.43 bits per heavy atom. The molecule has 14 heavy (non-hydrogen) atoms. The van der Waals surface area contributed by atoms with Crippen LogP contribution in [0.3, 0.4) is 0 Å². The maximum absolute atomic E-state index is 11.1. The second kappa shape index (κ2) is 6.35. The van der Waals surface area contributed by atoms with Crippen LogP contribution in [0.4, 0.5) is 0 Å². The maximum Gasteiger partial charge on any atom is 0.154 e. The third-order valence-electron chi connectivity index (χ3n) is 1.82. The largest absolute Gasteiger partial charge is 0.298 e. The first-order chi connectivity index (χ1) is 6.63. The predicted molar refractivity (Wildman–Crippen MR) is 58.3 cm³/mol. The van der Waals surface area contributed by atoms with Crippen molar-refractivity contribution in [2.24, 2.45) is 0 Å². The van der Waals surface area contributed by atoms with Crippen LogP contribution in [0.25, 0.3) is 0 Å². The summed E-state index contributed by atoms with van der Waals surface area (Å²) >= 11 is 0. The van der Waals surface area contributed by atoms with E-state index in [1.54, 1.807) is 4.68 Å². The van der Waals surface area contributed by atoms with Crippen molar-refractivity contribution in [1.82, 2.24) is 9.78 Å². The minimum absolute atomic E-state index is 0.223. The second-order valence-electron chi connectivity index (χ2n) is 2.98. The van der Waals surface area contributed by atoms with Crippen LogP contribution < -0.4 is 0 Å². The molecule has 0 aliphatic carbocycles. The van der Waals surface area contributed by atoms with Gasteiger partial charge in [-0.15, -0.1) is 0 Å². The lowest BCUT2D eigenvalue weighted by Crippen LogP contribution is -2.11. The summed E-state index contributed by atoms with van der Waals surface area (Å²) in [7, 11) is 0. The van der Waals surface area contributed by atoms with Gasteiger partial charge in [0.15, 0.2) is 5.78 Å². The summed E-state index contributed by atoms with van der Waals surface area (Å²) in [6.45, 7) is 10.2. The molecular weight excluding hydrogens is 176 g/mol. The van der Waals surface area contributed by atoms with Crippen molar-refractivity contribution in [1.29, 1.82) is 0 Å². The average molecular weight is 196 g/mol. The number of carbonyl (C=O) groups excluding carboxylic acids is 1. The zero-order valence-corrected chi connectivity index (χ0v) is 9.79. The SMILES string of the molecule is CC.CCC(=O)Cn1nc(C)cc1C. The van der Waals surface area contributed by atoms with E-state index in [0.29, 0.717) is 13.0 Å².